The van der Waals surface area contributed by atoms with Gasteiger partial charge in [0.05, 0.1) is 11.0 Å². The number of nitrogens with two attached hydrogens (primary N) is 1. The highest BCUT2D eigenvalue weighted by molar-refractivity contribution is 9.10. The molecule has 3 N–H and O–H groups in total. The van der Waals surface area contributed by atoms with Crippen molar-refractivity contribution in [3.05, 3.63) is 45.9 Å². The van der Waals surface area contributed by atoms with Crippen molar-refractivity contribution in [2.45, 2.75) is 13.8 Å². The van der Waals surface area contributed by atoms with E-state index in [1.807, 2.05) is 18.2 Å². The van der Waals surface area contributed by atoms with Gasteiger partial charge in [-0.2, -0.15) is 0 Å². The number of H-pyrrole nitrogens is 1. The zero-order chi connectivity index (χ0) is 13.6. The van der Waals surface area contributed by atoms with E-state index in [1.54, 1.807) is 0 Å². The number of anilines is 1. The van der Waals surface area contributed by atoms with Crippen LogP contribution in [0.5, 0.6) is 0 Å². The van der Waals surface area contributed by atoms with Gasteiger partial charge in [-0.05, 0) is 55.3 Å². The first-order valence-corrected chi connectivity index (χ1v) is 6.86. The lowest BCUT2D eigenvalue weighted by atomic mass is 10.1. The Labute approximate surface area is 120 Å². The first-order chi connectivity index (χ1) is 9.04. The van der Waals surface area contributed by atoms with E-state index in [1.165, 1.54) is 11.1 Å². The van der Waals surface area contributed by atoms with E-state index in [0.29, 0.717) is 0 Å². The molecule has 3 aromatic rings. The molecule has 4 heteroatoms. The monoisotopic (exact) mass is 315 g/mol. The maximum Gasteiger partial charge on any atom is 0.139 e. The van der Waals surface area contributed by atoms with Crippen molar-refractivity contribution in [2.24, 2.45) is 0 Å². The molecule has 0 bridgehead atoms. The predicted octanol–water partition coefficient (Wildman–Crippen LogP) is 4.19. The number of aromatic amines is 1. The third kappa shape index (κ3) is 2.12. The molecule has 0 amide bonds. The van der Waals surface area contributed by atoms with E-state index in [4.69, 9.17) is 5.73 Å². The van der Waals surface area contributed by atoms with Crippen LogP contribution >= 0.6 is 15.9 Å². The van der Waals surface area contributed by atoms with Gasteiger partial charge in [-0.1, -0.05) is 15.9 Å². The average molecular weight is 316 g/mol. The number of benzene rings is 2. The Balaban J connectivity index is 2.23. The first kappa shape index (κ1) is 12.2. The number of fused-ring (bicyclic) bond motifs is 1. The van der Waals surface area contributed by atoms with Crippen LogP contribution < -0.4 is 5.73 Å². The van der Waals surface area contributed by atoms with Gasteiger partial charge in [0, 0.05) is 15.7 Å². The molecule has 0 saturated heterocycles. The second-order valence-corrected chi connectivity index (χ2v) is 5.63. The minimum atomic E-state index is 0.728. The van der Waals surface area contributed by atoms with E-state index in [2.05, 4.69) is 51.9 Å². The third-order valence-electron chi connectivity index (χ3n) is 3.34. The quantitative estimate of drug-likeness (QED) is 0.661. The smallest absolute Gasteiger partial charge is 0.139 e. The molecule has 0 unspecified atom stereocenters. The molecule has 19 heavy (non-hydrogen) atoms. The number of rotatable bonds is 1. The molecule has 0 fully saturated rings. The highest BCUT2D eigenvalue weighted by Gasteiger charge is 2.10. The summed E-state index contributed by atoms with van der Waals surface area (Å²) in [5, 5.41) is 0. The Morgan fingerprint density at radius 3 is 2.63 bits per heavy atom. The van der Waals surface area contributed by atoms with Gasteiger partial charge >= 0.3 is 0 Å². The average Bonchev–Trinajstić information content (AvgIpc) is 2.75. The van der Waals surface area contributed by atoms with Gasteiger partial charge in [-0.15, -0.1) is 0 Å². The minimum Gasteiger partial charge on any atom is -0.399 e. The number of nitrogens with zero attached hydrogens (tertiary/aromatic N) is 1. The van der Waals surface area contributed by atoms with Crippen molar-refractivity contribution in [3.63, 3.8) is 0 Å². The molecule has 0 radical (unpaired) electrons. The fourth-order valence-electron chi connectivity index (χ4n) is 2.12. The van der Waals surface area contributed by atoms with E-state index in [0.717, 1.165) is 32.6 Å². The molecule has 0 atom stereocenters. The molecule has 0 aliphatic carbocycles. The maximum absolute atomic E-state index is 5.84. The molecule has 0 saturated carbocycles. The van der Waals surface area contributed by atoms with Gasteiger partial charge in [-0.25, -0.2) is 4.98 Å². The van der Waals surface area contributed by atoms with Crippen LogP contribution in [0.15, 0.2) is 34.8 Å². The van der Waals surface area contributed by atoms with Crippen molar-refractivity contribution in [2.75, 3.05) is 5.73 Å². The molecular formula is C15H14BrN3. The topological polar surface area (TPSA) is 54.7 Å². The lowest BCUT2D eigenvalue weighted by molar-refractivity contribution is 1.33. The Bertz CT molecular complexity index is 735. The molecule has 2 aromatic carbocycles. The number of aromatic nitrogens is 2. The fraction of sp³-hybridized carbons (Fsp3) is 0.133. The van der Waals surface area contributed by atoms with Gasteiger partial charge in [0.1, 0.15) is 5.82 Å². The van der Waals surface area contributed by atoms with Crippen molar-refractivity contribution in [3.8, 4) is 11.4 Å². The first-order valence-electron chi connectivity index (χ1n) is 6.07. The van der Waals surface area contributed by atoms with Crippen LogP contribution in [0.1, 0.15) is 11.1 Å². The van der Waals surface area contributed by atoms with E-state index in [-0.39, 0.29) is 0 Å². The van der Waals surface area contributed by atoms with Crippen LogP contribution in [0.4, 0.5) is 5.69 Å². The Kier molecular flexibility index (Phi) is 2.82. The SMILES string of the molecule is Cc1cc2nc(-c3cc(N)ccc3Br)[nH]c2cc1C. The summed E-state index contributed by atoms with van der Waals surface area (Å²) >= 11 is 3.54. The van der Waals surface area contributed by atoms with Crippen LogP contribution in [0.25, 0.3) is 22.4 Å². The molecule has 96 valence electrons. The highest BCUT2D eigenvalue weighted by Crippen LogP contribution is 2.30. The standard InChI is InChI=1S/C15H14BrN3/c1-8-5-13-14(6-9(8)2)19-15(18-13)11-7-10(17)3-4-12(11)16/h3-7H,17H2,1-2H3,(H,18,19). The fourth-order valence-corrected chi connectivity index (χ4v) is 2.56. The van der Waals surface area contributed by atoms with Crippen molar-refractivity contribution < 1.29 is 0 Å². The summed E-state index contributed by atoms with van der Waals surface area (Å²) in [4.78, 5) is 8.00. The summed E-state index contributed by atoms with van der Waals surface area (Å²) in [6.07, 6.45) is 0. The van der Waals surface area contributed by atoms with E-state index in [9.17, 15) is 0 Å². The summed E-state index contributed by atoms with van der Waals surface area (Å²) in [5.74, 6) is 0.833. The lowest BCUT2D eigenvalue weighted by Crippen LogP contribution is -1.88. The van der Waals surface area contributed by atoms with Crippen LogP contribution in [0, 0.1) is 13.8 Å². The normalized spacial score (nSPS) is 11.1. The summed E-state index contributed by atoms with van der Waals surface area (Å²) in [6.45, 7) is 4.20. The number of aryl methyl sites for hydroxylation is 2. The lowest BCUT2D eigenvalue weighted by Gasteiger charge is -2.01. The summed E-state index contributed by atoms with van der Waals surface area (Å²) in [5.41, 5.74) is 12.1. The Hall–Kier alpha value is -1.81. The van der Waals surface area contributed by atoms with Crippen LogP contribution in [0.2, 0.25) is 0 Å². The number of hydrogen-bond donors (Lipinski definition) is 2. The molecule has 0 spiro atoms. The molecule has 1 heterocycles. The maximum atomic E-state index is 5.84. The summed E-state index contributed by atoms with van der Waals surface area (Å²) in [6, 6.07) is 9.95. The molecule has 1 aromatic heterocycles. The minimum absolute atomic E-state index is 0.728. The third-order valence-corrected chi connectivity index (χ3v) is 4.03. The van der Waals surface area contributed by atoms with Gasteiger partial charge in [0.25, 0.3) is 0 Å². The van der Waals surface area contributed by atoms with Crippen LogP contribution in [-0.4, -0.2) is 9.97 Å². The zero-order valence-corrected chi connectivity index (χ0v) is 12.4. The molecule has 0 aliphatic rings. The number of imidazole rings is 1. The van der Waals surface area contributed by atoms with Gasteiger partial charge in [0.2, 0.25) is 0 Å². The van der Waals surface area contributed by atoms with Crippen LogP contribution in [-0.2, 0) is 0 Å². The number of halogens is 1. The zero-order valence-electron chi connectivity index (χ0n) is 10.8. The van der Waals surface area contributed by atoms with Crippen molar-refractivity contribution in [1.29, 1.82) is 0 Å². The molecule has 3 rings (SSSR count). The van der Waals surface area contributed by atoms with Crippen molar-refractivity contribution >= 4 is 32.7 Å². The number of nitrogens with one attached hydrogen (secondary N) is 1. The van der Waals surface area contributed by atoms with Crippen molar-refractivity contribution in [1.82, 2.24) is 9.97 Å². The van der Waals surface area contributed by atoms with Gasteiger partial charge < -0.3 is 10.7 Å². The largest absolute Gasteiger partial charge is 0.399 e. The second kappa shape index (κ2) is 4.38. The van der Waals surface area contributed by atoms with Gasteiger partial charge in [-0.3, -0.25) is 0 Å². The van der Waals surface area contributed by atoms with E-state index >= 15 is 0 Å². The highest BCUT2D eigenvalue weighted by atomic mass is 79.9. The number of hydrogen-bond acceptors (Lipinski definition) is 2. The Morgan fingerprint density at radius 2 is 1.84 bits per heavy atom. The molecule has 3 nitrogen and oxygen atoms in total. The molecule has 0 aliphatic heterocycles. The van der Waals surface area contributed by atoms with Crippen LogP contribution in [0.3, 0.4) is 0 Å². The van der Waals surface area contributed by atoms with E-state index < -0.39 is 0 Å². The predicted molar refractivity (Wildman–Crippen MR) is 83.1 cm³/mol. The second-order valence-electron chi connectivity index (χ2n) is 4.78. The summed E-state index contributed by atoms with van der Waals surface area (Å²) in [7, 11) is 0. The Morgan fingerprint density at radius 1 is 1.11 bits per heavy atom. The molecular weight excluding hydrogens is 302 g/mol. The summed E-state index contributed by atoms with van der Waals surface area (Å²) < 4.78 is 0.981. The van der Waals surface area contributed by atoms with Gasteiger partial charge in [0.15, 0.2) is 0 Å². The number of nitrogen functional groups attached to an aromatic ring is 1.